The van der Waals surface area contributed by atoms with Crippen LogP contribution >= 0.6 is 0 Å². The fraction of sp³-hybridized carbons (Fsp3) is 0.500. The van der Waals surface area contributed by atoms with Gasteiger partial charge in [0.05, 0.1) is 19.6 Å². The Morgan fingerprint density at radius 2 is 2.04 bits per heavy atom. The van der Waals surface area contributed by atoms with E-state index < -0.39 is 11.9 Å². The van der Waals surface area contributed by atoms with E-state index in [-0.39, 0.29) is 18.9 Å². The Labute approximate surface area is 158 Å². The Balaban J connectivity index is 2.11. The minimum Gasteiger partial charge on any atom is -0.497 e. The fourth-order valence-corrected chi connectivity index (χ4v) is 2.96. The first-order valence-electron chi connectivity index (χ1n) is 8.94. The van der Waals surface area contributed by atoms with Crippen LogP contribution in [-0.2, 0) is 9.59 Å². The molecule has 1 aliphatic rings. The summed E-state index contributed by atoms with van der Waals surface area (Å²) in [5, 5.41) is 15.4. The molecule has 9 nitrogen and oxygen atoms in total. The summed E-state index contributed by atoms with van der Waals surface area (Å²) in [4.78, 5) is 36.3. The number of hydrogen-bond acceptors (Lipinski definition) is 5. The molecule has 1 atom stereocenters. The summed E-state index contributed by atoms with van der Waals surface area (Å²) in [7, 11) is 1.54. The van der Waals surface area contributed by atoms with Gasteiger partial charge in [0.25, 0.3) is 0 Å². The normalized spacial score (nSPS) is 15.1. The average molecular weight is 378 g/mol. The highest BCUT2D eigenvalue weighted by Gasteiger charge is 2.33. The minimum absolute atomic E-state index is 0.110. The highest BCUT2D eigenvalue weighted by atomic mass is 16.5. The van der Waals surface area contributed by atoms with Crippen molar-refractivity contribution >= 4 is 24.0 Å². The number of urea groups is 1. The van der Waals surface area contributed by atoms with Crippen molar-refractivity contribution in [3.63, 3.8) is 0 Å². The van der Waals surface area contributed by atoms with Crippen LogP contribution in [0, 0.1) is 5.92 Å². The van der Waals surface area contributed by atoms with Gasteiger partial charge in [0, 0.05) is 24.8 Å². The van der Waals surface area contributed by atoms with Crippen molar-refractivity contribution in [1.29, 1.82) is 0 Å². The monoisotopic (exact) mass is 378 g/mol. The van der Waals surface area contributed by atoms with E-state index in [0.29, 0.717) is 36.0 Å². The number of carbonyl (C=O) groups excluding carboxylic acids is 3. The lowest BCUT2D eigenvalue weighted by molar-refractivity contribution is -0.163. The molecule has 1 saturated heterocycles. The first-order valence-corrected chi connectivity index (χ1v) is 8.94. The summed E-state index contributed by atoms with van der Waals surface area (Å²) in [5.41, 5.74) is 0.562. The molecule has 2 N–H and O–H groups in total. The summed E-state index contributed by atoms with van der Waals surface area (Å²) in [6, 6.07) is 6.54. The lowest BCUT2D eigenvalue weighted by Crippen LogP contribution is -2.56. The molecule has 0 bridgehead atoms. The third kappa shape index (κ3) is 5.33. The van der Waals surface area contributed by atoms with Crippen LogP contribution in [0.2, 0.25) is 0 Å². The predicted octanol–water partition coefficient (Wildman–Crippen LogP) is 1.94. The predicted molar refractivity (Wildman–Crippen MR) is 98.0 cm³/mol. The van der Waals surface area contributed by atoms with E-state index >= 15 is 0 Å². The van der Waals surface area contributed by atoms with Gasteiger partial charge in [-0.25, -0.2) is 19.9 Å². The van der Waals surface area contributed by atoms with Gasteiger partial charge in [0.15, 0.2) is 0 Å². The Bertz CT molecular complexity index is 669. The number of nitrogens with zero attached hydrogens (tertiary/aromatic N) is 3. The van der Waals surface area contributed by atoms with Crippen molar-refractivity contribution in [3.8, 4) is 5.75 Å². The Morgan fingerprint density at radius 1 is 1.33 bits per heavy atom. The first kappa shape index (κ1) is 20.5. The van der Waals surface area contributed by atoms with Crippen molar-refractivity contribution in [2.24, 2.45) is 5.92 Å². The van der Waals surface area contributed by atoms with E-state index in [1.165, 1.54) is 10.0 Å². The highest BCUT2D eigenvalue weighted by Crippen LogP contribution is 2.20. The van der Waals surface area contributed by atoms with Gasteiger partial charge in [-0.1, -0.05) is 13.0 Å². The van der Waals surface area contributed by atoms with E-state index in [2.05, 4.69) is 5.32 Å². The average Bonchev–Trinajstić information content (AvgIpc) is 2.71. The molecule has 1 aromatic carbocycles. The zero-order valence-corrected chi connectivity index (χ0v) is 15.6. The second-order valence-electron chi connectivity index (χ2n) is 6.29. The van der Waals surface area contributed by atoms with Crippen molar-refractivity contribution in [3.05, 3.63) is 24.3 Å². The zero-order valence-electron chi connectivity index (χ0n) is 15.6. The second-order valence-corrected chi connectivity index (χ2v) is 6.29. The number of hydrazine groups is 1. The molecule has 2 rings (SSSR count). The zero-order chi connectivity index (χ0) is 19.8. The molecule has 1 fully saturated rings. The van der Waals surface area contributed by atoms with E-state index in [1.807, 2.05) is 0 Å². The maximum absolute atomic E-state index is 12.9. The lowest BCUT2D eigenvalue weighted by Gasteiger charge is -2.40. The quantitative estimate of drug-likeness (QED) is 0.429. The van der Waals surface area contributed by atoms with E-state index in [1.54, 1.807) is 38.3 Å². The third-order valence-electron chi connectivity index (χ3n) is 4.46. The SMILES string of the molecule is CCC(CN(O)C=O)C(=O)N1CCCCN1C(=O)Nc1cccc(OC)c1. The number of rotatable bonds is 7. The number of methoxy groups -OCH3 is 1. The topological polar surface area (TPSA) is 102 Å². The van der Waals surface area contributed by atoms with E-state index in [9.17, 15) is 19.6 Å². The maximum atomic E-state index is 12.9. The van der Waals surface area contributed by atoms with Gasteiger partial charge in [0.1, 0.15) is 5.75 Å². The molecular weight excluding hydrogens is 352 g/mol. The molecule has 0 aliphatic carbocycles. The Morgan fingerprint density at radius 3 is 2.67 bits per heavy atom. The van der Waals surface area contributed by atoms with Gasteiger partial charge in [-0.05, 0) is 31.4 Å². The maximum Gasteiger partial charge on any atom is 0.340 e. The molecule has 1 heterocycles. The molecule has 0 spiro atoms. The van der Waals surface area contributed by atoms with Gasteiger partial charge in [-0.2, -0.15) is 0 Å². The lowest BCUT2D eigenvalue weighted by atomic mass is 10.0. The van der Waals surface area contributed by atoms with Gasteiger partial charge < -0.3 is 10.1 Å². The van der Waals surface area contributed by atoms with Crippen LogP contribution in [0.25, 0.3) is 0 Å². The number of ether oxygens (including phenoxy) is 1. The number of nitrogens with one attached hydrogen (secondary N) is 1. The largest absolute Gasteiger partial charge is 0.497 e. The molecule has 1 aliphatic heterocycles. The standard InChI is InChI=1S/C18H26N4O5/c1-3-14(12-20(26)13-23)17(24)21-9-4-5-10-22(21)18(25)19-15-7-6-8-16(11-15)27-2/h6-8,11,13-14,26H,3-5,9-10,12H2,1-2H3,(H,19,25). The van der Waals surface area contributed by atoms with Crippen LogP contribution in [-0.4, -0.2) is 65.4 Å². The summed E-state index contributed by atoms with van der Waals surface area (Å²) in [6.07, 6.45) is 2.26. The molecule has 0 saturated carbocycles. The van der Waals surface area contributed by atoms with Crippen LogP contribution in [0.1, 0.15) is 26.2 Å². The van der Waals surface area contributed by atoms with Gasteiger partial charge in [-0.15, -0.1) is 0 Å². The molecule has 148 valence electrons. The third-order valence-corrected chi connectivity index (χ3v) is 4.46. The summed E-state index contributed by atoms with van der Waals surface area (Å²) in [6.45, 7) is 2.51. The van der Waals surface area contributed by atoms with Crippen molar-refractivity contribution in [1.82, 2.24) is 15.1 Å². The molecule has 0 radical (unpaired) electrons. The smallest absolute Gasteiger partial charge is 0.340 e. The van der Waals surface area contributed by atoms with Crippen LogP contribution in [0.5, 0.6) is 5.75 Å². The summed E-state index contributed by atoms with van der Waals surface area (Å²) in [5.74, 6) is -0.272. The molecule has 27 heavy (non-hydrogen) atoms. The number of carbonyl (C=O) groups is 3. The van der Waals surface area contributed by atoms with E-state index in [4.69, 9.17) is 4.74 Å². The molecule has 9 heteroatoms. The second kappa shape index (κ2) is 9.77. The molecular formula is C18H26N4O5. The van der Waals surface area contributed by atoms with Gasteiger partial charge in [-0.3, -0.25) is 14.8 Å². The summed E-state index contributed by atoms with van der Waals surface area (Å²) < 4.78 is 5.15. The number of benzene rings is 1. The Hall–Kier alpha value is -2.81. The van der Waals surface area contributed by atoms with Crippen molar-refractivity contribution in [2.75, 3.05) is 32.1 Å². The van der Waals surface area contributed by atoms with Crippen LogP contribution in [0.3, 0.4) is 0 Å². The number of hydrogen-bond donors (Lipinski definition) is 2. The van der Waals surface area contributed by atoms with Gasteiger partial charge in [0.2, 0.25) is 12.3 Å². The van der Waals surface area contributed by atoms with Crippen LogP contribution < -0.4 is 10.1 Å². The highest BCUT2D eigenvalue weighted by molar-refractivity contribution is 5.91. The van der Waals surface area contributed by atoms with Crippen LogP contribution in [0.15, 0.2) is 24.3 Å². The van der Waals surface area contributed by atoms with Crippen molar-refractivity contribution in [2.45, 2.75) is 26.2 Å². The minimum atomic E-state index is -0.592. The number of hydroxylamine groups is 2. The van der Waals surface area contributed by atoms with Crippen LogP contribution in [0.4, 0.5) is 10.5 Å². The summed E-state index contributed by atoms with van der Waals surface area (Å²) >= 11 is 0. The van der Waals surface area contributed by atoms with E-state index in [0.717, 1.165) is 12.8 Å². The molecule has 0 aromatic heterocycles. The molecule has 1 unspecified atom stereocenters. The van der Waals surface area contributed by atoms with Gasteiger partial charge >= 0.3 is 6.03 Å². The molecule has 1 aromatic rings. The Kier molecular flexibility index (Phi) is 7.42. The first-order chi connectivity index (χ1) is 13.0. The number of amides is 4. The van der Waals surface area contributed by atoms with Crippen molar-refractivity contribution < 1.29 is 24.3 Å². The fourth-order valence-electron chi connectivity index (χ4n) is 2.96. The number of anilines is 1. The molecule has 4 amide bonds.